The first-order valence-electron chi connectivity index (χ1n) is 7.41. The third kappa shape index (κ3) is 4.83. The minimum absolute atomic E-state index is 0.0274. The summed E-state index contributed by atoms with van der Waals surface area (Å²) in [7, 11) is 0. The van der Waals surface area contributed by atoms with Crippen LogP contribution in [0.4, 0.5) is 18.9 Å². The fraction of sp³-hybridized carbons (Fsp3) is 0.118. The highest BCUT2D eigenvalue weighted by Crippen LogP contribution is 2.31. The Morgan fingerprint density at radius 3 is 2.62 bits per heavy atom. The average molecular weight is 395 g/mol. The molecule has 9 heteroatoms. The van der Waals surface area contributed by atoms with Crippen molar-refractivity contribution < 1.29 is 18.0 Å². The molecule has 3 rings (SSSR count). The van der Waals surface area contributed by atoms with Gasteiger partial charge in [-0.05, 0) is 29.7 Å². The number of rotatable bonds is 5. The molecule has 0 unspecified atom stereocenters. The number of nitrogens with zero attached hydrogens (tertiary/aromatic N) is 2. The summed E-state index contributed by atoms with van der Waals surface area (Å²) in [6, 6.07) is 13.9. The molecule has 26 heavy (non-hydrogen) atoms. The van der Waals surface area contributed by atoms with E-state index in [0.29, 0.717) is 10.2 Å². The normalized spacial score (nSPS) is 11.3. The van der Waals surface area contributed by atoms with Crippen LogP contribution in [0.1, 0.15) is 5.56 Å². The molecule has 2 aromatic carbocycles. The van der Waals surface area contributed by atoms with Gasteiger partial charge in [0.25, 0.3) is 0 Å². The first kappa shape index (κ1) is 18.4. The van der Waals surface area contributed by atoms with Crippen LogP contribution in [0.25, 0.3) is 11.4 Å². The topological polar surface area (TPSA) is 54.9 Å². The number of thioether (sulfide) groups is 1. The van der Waals surface area contributed by atoms with E-state index < -0.39 is 17.6 Å². The van der Waals surface area contributed by atoms with Crippen molar-refractivity contribution >= 4 is 34.9 Å². The van der Waals surface area contributed by atoms with Crippen LogP contribution in [0.3, 0.4) is 0 Å². The molecule has 0 atom stereocenters. The number of nitrogens with one attached hydrogen (secondary N) is 1. The van der Waals surface area contributed by atoms with Gasteiger partial charge in [0.1, 0.15) is 0 Å². The van der Waals surface area contributed by atoms with Gasteiger partial charge >= 0.3 is 6.18 Å². The number of carbonyl (C=O) groups is 1. The second-order valence-corrected chi connectivity index (χ2v) is 7.14. The van der Waals surface area contributed by atoms with E-state index in [0.717, 1.165) is 17.7 Å². The predicted molar refractivity (Wildman–Crippen MR) is 96.1 cm³/mol. The highest BCUT2D eigenvalue weighted by Gasteiger charge is 2.30. The number of hydrogen-bond donors (Lipinski definition) is 1. The fourth-order valence-electron chi connectivity index (χ4n) is 2.07. The lowest BCUT2D eigenvalue weighted by Crippen LogP contribution is -2.15. The molecule has 1 amide bonds. The molecule has 3 aromatic rings. The maximum atomic E-state index is 12.7. The molecule has 0 fully saturated rings. The molecule has 0 spiro atoms. The molecule has 1 aromatic heterocycles. The first-order chi connectivity index (χ1) is 12.4. The van der Waals surface area contributed by atoms with E-state index in [-0.39, 0.29) is 11.4 Å². The van der Waals surface area contributed by atoms with Gasteiger partial charge in [0.2, 0.25) is 5.91 Å². The summed E-state index contributed by atoms with van der Waals surface area (Å²) < 4.78 is 42.9. The molecule has 0 saturated carbocycles. The third-order valence-corrected chi connectivity index (χ3v) is 5.07. The van der Waals surface area contributed by atoms with E-state index in [1.165, 1.54) is 35.4 Å². The summed E-state index contributed by atoms with van der Waals surface area (Å²) in [5.74, 6) is 0.196. The van der Waals surface area contributed by atoms with Crippen molar-refractivity contribution in [3.05, 3.63) is 60.2 Å². The highest BCUT2D eigenvalue weighted by molar-refractivity contribution is 8.01. The van der Waals surface area contributed by atoms with Crippen LogP contribution in [0, 0.1) is 0 Å². The fourth-order valence-corrected chi connectivity index (χ4v) is 3.49. The van der Waals surface area contributed by atoms with Crippen LogP contribution >= 0.6 is 23.3 Å². The van der Waals surface area contributed by atoms with Gasteiger partial charge in [0.15, 0.2) is 10.2 Å². The van der Waals surface area contributed by atoms with Gasteiger partial charge in [-0.2, -0.15) is 17.5 Å². The van der Waals surface area contributed by atoms with Gasteiger partial charge in [-0.3, -0.25) is 4.79 Å². The zero-order valence-electron chi connectivity index (χ0n) is 13.2. The Morgan fingerprint density at radius 2 is 1.88 bits per heavy atom. The standard InChI is InChI=1S/C17H12F3N3OS2/c18-17(19,20)12-7-4-8-13(9-12)21-14(24)10-25-16-22-15(23-26-16)11-5-2-1-3-6-11/h1-9H,10H2,(H,21,24). The molecular weight excluding hydrogens is 383 g/mol. The zero-order chi connectivity index (χ0) is 18.6. The summed E-state index contributed by atoms with van der Waals surface area (Å²) in [5, 5.41) is 2.46. The van der Waals surface area contributed by atoms with Crippen LogP contribution in [0.5, 0.6) is 0 Å². The van der Waals surface area contributed by atoms with Gasteiger partial charge in [-0.25, -0.2) is 4.98 Å². The molecule has 134 valence electrons. The zero-order valence-corrected chi connectivity index (χ0v) is 14.8. The summed E-state index contributed by atoms with van der Waals surface area (Å²) in [6.07, 6.45) is -4.45. The molecule has 0 aliphatic heterocycles. The van der Waals surface area contributed by atoms with E-state index in [1.54, 1.807) is 0 Å². The van der Waals surface area contributed by atoms with Crippen molar-refractivity contribution in [3.8, 4) is 11.4 Å². The van der Waals surface area contributed by atoms with Crippen molar-refractivity contribution in [1.82, 2.24) is 9.36 Å². The number of alkyl halides is 3. The lowest BCUT2D eigenvalue weighted by Gasteiger charge is -2.09. The van der Waals surface area contributed by atoms with Gasteiger partial charge in [0, 0.05) is 11.3 Å². The minimum Gasteiger partial charge on any atom is -0.325 e. The third-order valence-electron chi connectivity index (χ3n) is 3.24. The Balaban J connectivity index is 1.57. The number of benzene rings is 2. The number of hydrogen-bond acceptors (Lipinski definition) is 5. The summed E-state index contributed by atoms with van der Waals surface area (Å²) in [6.45, 7) is 0. The molecule has 4 nitrogen and oxygen atoms in total. The Kier molecular flexibility index (Phi) is 5.58. The molecule has 0 aliphatic rings. The second kappa shape index (κ2) is 7.88. The smallest absolute Gasteiger partial charge is 0.325 e. The maximum Gasteiger partial charge on any atom is 0.416 e. The van der Waals surface area contributed by atoms with Gasteiger partial charge in [-0.15, -0.1) is 0 Å². The number of halogens is 3. The number of aromatic nitrogens is 2. The maximum absolute atomic E-state index is 12.7. The number of carbonyl (C=O) groups excluding carboxylic acids is 1. The van der Waals surface area contributed by atoms with Crippen LogP contribution in [0.15, 0.2) is 58.9 Å². The van der Waals surface area contributed by atoms with E-state index in [1.807, 2.05) is 30.3 Å². The lowest BCUT2D eigenvalue weighted by atomic mass is 10.2. The molecule has 0 bridgehead atoms. The van der Waals surface area contributed by atoms with Gasteiger partial charge < -0.3 is 5.32 Å². The Labute approximate surface area is 155 Å². The van der Waals surface area contributed by atoms with Crippen molar-refractivity contribution in [2.45, 2.75) is 10.5 Å². The minimum atomic E-state index is -4.45. The largest absolute Gasteiger partial charge is 0.416 e. The van der Waals surface area contributed by atoms with E-state index in [9.17, 15) is 18.0 Å². The molecule has 0 aliphatic carbocycles. The van der Waals surface area contributed by atoms with E-state index in [4.69, 9.17) is 0 Å². The van der Waals surface area contributed by atoms with E-state index in [2.05, 4.69) is 14.7 Å². The van der Waals surface area contributed by atoms with Gasteiger partial charge in [-0.1, -0.05) is 48.2 Å². The summed E-state index contributed by atoms with van der Waals surface area (Å²) >= 11 is 2.36. The molecule has 1 heterocycles. The SMILES string of the molecule is O=C(CSc1nc(-c2ccccc2)ns1)Nc1cccc(C(F)(F)F)c1. The van der Waals surface area contributed by atoms with Gasteiger partial charge in [0.05, 0.1) is 11.3 Å². The van der Waals surface area contributed by atoms with Crippen LogP contribution < -0.4 is 5.32 Å². The number of anilines is 1. The molecule has 0 radical (unpaired) electrons. The van der Waals surface area contributed by atoms with Crippen molar-refractivity contribution in [1.29, 1.82) is 0 Å². The summed E-state index contributed by atoms with van der Waals surface area (Å²) in [5.41, 5.74) is 0.177. The Hall–Kier alpha value is -2.39. The van der Waals surface area contributed by atoms with Crippen molar-refractivity contribution in [3.63, 3.8) is 0 Å². The van der Waals surface area contributed by atoms with Crippen LogP contribution in [-0.4, -0.2) is 21.0 Å². The quantitative estimate of drug-likeness (QED) is 0.621. The lowest BCUT2D eigenvalue weighted by molar-refractivity contribution is -0.137. The number of amides is 1. The summed E-state index contributed by atoms with van der Waals surface area (Å²) in [4.78, 5) is 16.3. The molecular formula is C17H12F3N3OS2. The van der Waals surface area contributed by atoms with Crippen LogP contribution in [-0.2, 0) is 11.0 Å². The molecule has 0 saturated heterocycles. The first-order valence-corrected chi connectivity index (χ1v) is 9.17. The average Bonchev–Trinajstić information content (AvgIpc) is 3.09. The monoisotopic (exact) mass is 395 g/mol. The molecule has 1 N–H and O–H groups in total. The van der Waals surface area contributed by atoms with Crippen molar-refractivity contribution in [2.75, 3.05) is 11.1 Å². The van der Waals surface area contributed by atoms with E-state index >= 15 is 0 Å². The van der Waals surface area contributed by atoms with Crippen molar-refractivity contribution in [2.24, 2.45) is 0 Å². The second-order valence-electron chi connectivity index (χ2n) is 5.17. The Morgan fingerprint density at radius 1 is 1.12 bits per heavy atom. The predicted octanol–water partition coefficient (Wildman–Crippen LogP) is 4.95. The Bertz CT molecular complexity index is 898. The highest BCUT2D eigenvalue weighted by atomic mass is 32.2. The van der Waals surface area contributed by atoms with Crippen LogP contribution in [0.2, 0.25) is 0 Å².